The van der Waals surface area contributed by atoms with Gasteiger partial charge >= 0.3 is 0 Å². The highest BCUT2D eigenvalue weighted by molar-refractivity contribution is 5.28. The van der Waals surface area contributed by atoms with Gasteiger partial charge in [0.2, 0.25) is 0 Å². The van der Waals surface area contributed by atoms with E-state index in [1.807, 2.05) is 0 Å². The Kier molecular flexibility index (Phi) is 7.58. The lowest BCUT2D eigenvalue weighted by atomic mass is 9.80. The summed E-state index contributed by atoms with van der Waals surface area (Å²) in [7, 11) is 0. The molecule has 0 aliphatic heterocycles. The van der Waals surface area contributed by atoms with Crippen LogP contribution in [0, 0.1) is 31.1 Å². The van der Waals surface area contributed by atoms with E-state index in [0.29, 0.717) is 24.0 Å². The van der Waals surface area contributed by atoms with Gasteiger partial charge in [-0.15, -0.1) is 0 Å². The number of aryl methyl sites for hydroxylation is 2. The zero-order chi connectivity index (χ0) is 16.8. The zero-order valence-corrected chi connectivity index (χ0v) is 15.6. The second kappa shape index (κ2) is 8.69. The molecule has 0 aromatic heterocycles. The monoisotopic (exact) mass is 305 g/mol. The van der Waals surface area contributed by atoms with Gasteiger partial charge in [-0.05, 0) is 43.1 Å². The van der Waals surface area contributed by atoms with Crippen molar-refractivity contribution in [1.29, 1.82) is 0 Å². The Balaban J connectivity index is 2.31. The van der Waals surface area contributed by atoms with Crippen molar-refractivity contribution in [3.8, 4) is 0 Å². The summed E-state index contributed by atoms with van der Waals surface area (Å²) in [4.78, 5) is 0. The number of hydrogen-bond acceptors (Lipinski definition) is 2. The molecule has 0 saturated heterocycles. The van der Waals surface area contributed by atoms with Crippen LogP contribution in [0.1, 0.15) is 57.7 Å². The SMILES string of the molecule is Cc1cc(C)cc(CNCOCC(CC(C)(C)C)C(C)C)c1. The summed E-state index contributed by atoms with van der Waals surface area (Å²) in [6.07, 6.45) is 1.21. The average molecular weight is 306 g/mol. The van der Waals surface area contributed by atoms with E-state index in [1.165, 1.54) is 23.1 Å². The molecule has 0 heterocycles. The second-order valence-electron chi connectivity index (χ2n) is 8.21. The molecule has 2 nitrogen and oxygen atoms in total. The van der Waals surface area contributed by atoms with Crippen LogP contribution >= 0.6 is 0 Å². The van der Waals surface area contributed by atoms with Gasteiger partial charge < -0.3 is 4.74 Å². The molecule has 1 aromatic rings. The molecule has 1 rings (SSSR count). The maximum absolute atomic E-state index is 5.87. The summed E-state index contributed by atoms with van der Waals surface area (Å²) < 4.78 is 5.87. The molecule has 0 aliphatic rings. The minimum atomic E-state index is 0.366. The van der Waals surface area contributed by atoms with Gasteiger partial charge in [-0.3, -0.25) is 5.32 Å². The molecular weight excluding hydrogens is 270 g/mol. The highest BCUT2D eigenvalue weighted by atomic mass is 16.5. The predicted molar refractivity (Wildman–Crippen MR) is 96.0 cm³/mol. The standard InChI is InChI=1S/C20H35NO/c1-15(2)19(11-20(5,6)7)13-22-14-21-12-18-9-16(3)8-17(4)10-18/h8-10,15,19,21H,11-14H2,1-7H3. The molecule has 0 radical (unpaired) electrons. The molecule has 1 N–H and O–H groups in total. The Bertz CT molecular complexity index is 425. The molecule has 0 saturated carbocycles. The highest BCUT2D eigenvalue weighted by Gasteiger charge is 2.21. The molecule has 1 atom stereocenters. The number of benzene rings is 1. The zero-order valence-electron chi connectivity index (χ0n) is 15.6. The number of ether oxygens (including phenoxy) is 1. The summed E-state index contributed by atoms with van der Waals surface area (Å²) in [5.74, 6) is 1.29. The van der Waals surface area contributed by atoms with Gasteiger partial charge in [-0.25, -0.2) is 0 Å². The largest absolute Gasteiger partial charge is 0.366 e. The molecule has 22 heavy (non-hydrogen) atoms. The molecule has 126 valence electrons. The Hall–Kier alpha value is -0.860. The Morgan fingerprint density at radius 2 is 1.64 bits per heavy atom. The van der Waals surface area contributed by atoms with Crippen LogP contribution in [0.2, 0.25) is 0 Å². The lowest BCUT2D eigenvalue weighted by Gasteiger charge is -2.28. The van der Waals surface area contributed by atoms with Crippen molar-refractivity contribution in [3.05, 3.63) is 34.9 Å². The summed E-state index contributed by atoms with van der Waals surface area (Å²) in [5, 5.41) is 3.39. The highest BCUT2D eigenvalue weighted by Crippen LogP contribution is 2.28. The number of nitrogens with one attached hydrogen (secondary N) is 1. The van der Waals surface area contributed by atoms with Crippen LogP contribution in [0.5, 0.6) is 0 Å². The topological polar surface area (TPSA) is 21.3 Å². The Morgan fingerprint density at radius 3 is 2.14 bits per heavy atom. The molecule has 1 unspecified atom stereocenters. The van der Waals surface area contributed by atoms with E-state index in [-0.39, 0.29) is 0 Å². The first-order valence-corrected chi connectivity index (χ1v) is 8.53. The number of rotatable bonds is 8. The molecule has 0 spiro atoms. The van der Waals surface area contributed by atoms with Gasteiger partial charge in [0.05, 0.1) is 13.3 Å². The van der Waals surface area contributed by atoms with Gasteiger partial charge in [0.25, 0.3) is 0 Å². The van der Waals surface area contributed by atoms with E-state index in [9.17, 15) is 0 Å². The first-order valence-electron chi connectivity index (χ1n) is 8.53. The second-order valence-corrected chi connectivity index (χ2v) is 8.21. The molecule has 0 amide bonds. The minimum absolute atomic E-state index is 0.366. The third kappa shape index (κ3) is 7.95. The van der Waals surface area contributed by atoms with E-state index in [0.717, 1.165) is 13.2 Å². The van der Waals surface area contributed by atoms with Crippen LogP contribution in [-0.4, -0.2) is 13.3 Å². The fourth-order valence-electron chi connectivity index (χ4n) is 2.92. The summed E-state index contributed by atoms with van der Waals surface area (Å²) in [5.41, 5.74) is 4.34. The van der Waals surface area contributed by atoms with Crippen molar-refractivity contribution in [2.45, 2.75) is 61.4 Å². The molecule has 0 fully saturated rings. The molecule has 0 aliphatic carbocycles. The average Bonchev–Trinajstić information content (AvgIpc) is 2.34. The van der Waals surface area contributed by atoms with Gasteiger partial charge in [0.15, 0.2) is 0 Å². The maximum atomic E-state index is 5.87. The van der Waals surface area contributed by atoms with Crippen LogP contribution < -0.4 is 5.32 Å². The van der Waals surface area contributed by atoms with Gasteiger partial charge in [0, 0.05) is 6.54 Å². The predicted octanol–water partition coefficient (Wildman–Crippen LogP) is 5.08. The molecule has 2 heteroatoms. The van der Waals surface area contributed by atoms with Crippen LogP contribution in [0.15, 0.2) is 18.2 Å². The van der Waals surface area contributed by atoms with Crippen molar-refractivity contribution in [2.75, 3.05) is 13.3 Å². The van der Waals surface area contributed by atoms with Crippen molar-refractivity contribution in [1.82, 2.24) is 5.32 Å². The first kappa shape index (κ1) is 19.2. The van der Waals surface area contributed by atoms with Gasteiger partial charge in [0.1, 0.15) is 0 Å². The van der Waals surface area contributed by atoms with Crippen molar-refractivity contribution < 1.29 is 4.74 Å². The normalized spacial score (nSPS) is 13.6. The molecule has 0 bridgehead atoms. The fraction of sp³-hybridized carbons (Fsp3) is 0.700. The molecular formula is C20H35NO. The quantitative estimate of drug-likeness (QED) is 0.534. The summed E-state index contributed by atoms with van der Waals surface area (Å²) >= 11 is 0. The lowest BCUT2D eigenvalue weighted by Crippen LogP contribution is -2.25. The first-order chi connectivity index (χ1) is 10.2. The van der Waals surface area contributed by atoms with E-state index in [4.69, 9.17) is 4.74 Å². The smallest absolute Gasteiger partial charge is 0.0967 e. The maximum Gasteiger partial charge on any atom is 0.0967 e. The lowest BCUT2D eigenvalue weighted by molar-refractivity contribution is 0.0530. The van der Waals surface area contributed by atoms with E-state index >= 15 is 0 Å². The van der Waals surface area contributed by atoms with Crippen molar-refractivity contribution in [3.63, 3.8) is 0 Å². The van der Waals surface area contributed by atoms with Crippen LogP contribution in [0.25, 0.3) is 0 Å². The number of hydrogen-bond donors (Lipinski definition) is 1. The van der Waals surface area contributed by atoms with Gasteiger partial charge in [-0.1, -0.05) is 63.9 Å². The van der Waals surface area contributed by atoms with Crippen molar-refractivity contribution in [2.24, 2.45) is 17.3 Å². The van der Waals surface area contributed by atoms with Crippen LogP contribution in [0.3, 0.4) is 0 Å². The van der Waals surface area contributed by atoms with Crippen LogP contribution in [-0.2, 0) is 11.3 Å². The van der Waals surface area contributed by atoms with Gasteiger partial charge in [-0.2, -0.15) is 0 Å². The van der Waals surface area contributed by atoms with E-state index in [2.05, 4.69) is 72.0 Å². The minimum Gasteiger partial charge on any atom is -0.366 e. The summed E-state index contributed by atoms with van der Waals surface area (Å²) in [6.45, 7) is 18.1. The van der Waals surface area contributed by atoms with E-state index in [1.54, 1.807) is 0 Å². The third-order valence-corrected chi connectivity index (χ3v) is 3.96. The Morgan fingerprint density at radius 1 is 1.05 bits per heavy atom. The van der Waals surface area contributed by atoms with Crippen molar-refractivity contribution >= 4 is 0 Å². The summed E-state index contributed by atoms with van der Waals surface area (Å²) in [6, 6.07) is 6.67. The molecule has 1 aromatic carbocycles. The van der Waals surface area contributed by atoms with Crippen LogP contribution in [0.4, 0.5) is 0 Å². The van der Waals surface area contributed by atoms with E-state index < -0.39 is 0 Å². The third-order valence-electron chi connectivity index (χ3n) is 3.96. The Labute approximate surface area is 137 Å². The fourth-order valence-corrected chi connectivity index (χ4v) is 2.92.